The van der Waals surface area contributed by atoms with Gasteiger partial charge in [-0.05, 0) is 60.7 Å². The number of benzene rings is 3. The van der Waals surface area contributed by atoms with E-state index in [0.29, 0.717) is 14.7 Å². The van der Waals surface area contributed by atoms with E-state index in [1.807, 2.05) is 0 Å². The first-order valence-corrected chi connectivity index (χ1v) is 15.7. The van der Waals surface area contributed by atoms with E-state index in [9.17, 15) is 66.1 Å². The summed E-state index contributed by atoms with van der Waals surface area (Å²) in [6.07, 6.45) is -24.5. The van der Waals surface area contributed by atoms with Crippen LogP contribution < -0.4 is 9.47 Å². The van der Waals surface area contributed by atoms with E-state index in [1.54, 1.807) is 30.3 Å². The molecule has 3 rings (SSSR count). The monoisotopic (exact) mass is 758 g/mol. The first kappa shape index (κ1) is 39.6. The molecule has 49 heavy (non-hydrogen) atoms. The Morgan fingerprint density at radius 1 is 0.735 bits per heavy atom. The zero-order chi connectivity index (χ0) is 37.1. The Kier molecular flexibility index (Phi) is 11.8. The van der Waals surface area contributed by atoms with Gasteiger partial charge < -0.3 is 23.9 Å². The minimum Gasteiger partial charge on any atom is -0.743 e. The second-order valence-corrected chi connectivity index (χ2v) is 13.2. The van der Waals surface area contributed by atoms with Gasteiger partial charge in [0.05, 0.1) is 17.5 Å². The highest BCUT2D eigenvalue weighted by molar-refractivity contribution is 7.97. The van der Waals surface area contributed by atoms with Crippen LogP contribution in [0.1, 0.15) is 6.42 Å². The van der Waals surface area contributed by atoms with E-state index < -0.39 is 87.9 Å². The number of alkyl halides is 11. The zero-order valence-electron chi connectivity index (χ0n) is 24.0. The van der Waals surface area contributed by atoms with Gasteiger partial charge in [-0.1, -0.05) is 18.2 Å². The van der Waals surface area contributed by atoms with E-state index >= 15 is 0 Å². The van der Waals surface area contributed by atoms with Gasteiger partial charge in [0.25, 0.3) is 11.7 Å². The lowest BCUT2D eigenvalue weighted by Crippen LogP contribution is -2.57. The molecule has 0 amide bonds. The summed E-state index contributed by atoms with van der Waals surface area (Å²) in [6, 6.07) is 18.0. The van der Waals surface area contributed by atoms with E-state index in [2.05, 4.69) is 9.47 Å². The van der Waals surface area contributed by atoms with Gasteiger partial charge in [0.15, 0.2) is 31.4 Å². The maximum atomic E-state index is 13.9. The van der Waals surface area contributed by atoms with Gasteiger partial charge in [-0.25, -0.2) is 13.2 Å². The number of aliphatic hydroxyl groups is 1. The third kappa shape index (κ3) is 9.45. The number of halogens is 11. The first-order valence-electron chi connectivity index (χ1n) is 13.1. The van der Waals surface area contributed by atoms with E-state index in [1.165, 1.54) is 36.4 Å². The van der Waals surface area contributed by atoms with Crippen molar-refractivity contribution in [2.45, 2.75) is 56.6 Å². The molecule has 3 aromatic carbocycles. The standard InChI is InChI=1S/C28H21F11O8S2/c29-25(30,31)23(26(32,33)49(42,43)44)47-18-8-12-21(13-9-18)48(19-4-2-1-3-5-19)20-10-6-17(7-11-20)46-16-22(40)45-15-14-24(41,27(34,35)36)28(37,38)39/h1-13,23,41H,14-16H2. The maximum Gasteiger partial charge on any atom is 0.432 e. The number of carbonyl (C=O) groups excluding carboxylic acids is 1. The summed E-state index contributed by atoms with van der Waals surface area (Å²) in [7, 11) is -7.84. The van der Waals surface area contributed by atoms with Crippen molar-refractivity contribution in [1.29, 1.82) is 0 Å². The predicted octanol–water partition coefficient (Wildman–Crippen LogP) is 6.40. The average molecular weight is 759 g/mol. The molecule has 0 saturated carbocycles. The van der Waals surface area contributed by atoms with Crippen molar-refractivity contribution in [1.82, 2.24) is 0 Å². The molecule has 0 heterocycles. The van der Waals surface area contributed by atoms with Crippen LogP contribution in [0.3, 0.4) is 0 Å². The molecule has 2 unspecified atom stereocenters. The number of esters is 1. The summed E-state index contributed by atoms with van der Waals surface area (Å²) in [4.78, 5) is 13.4. The summed E-state index contributed by atoms with van der Waals surface area (Å²) in [5, 5.41) is 3.24. The Balaban J connectivity index is 1.75. The second kappa shape index (κ2) is 14.6. The fourth-order valence-electron chi connectivity index (χ4n) is 3.82. The molecule has 0 aromatic heterocycles. The number of hydrogen-bond acceptors (Lipinski definition) is 8. The smallest absolute Gasteiger partial charge is 0.432 e. The molecule has 1 N–H and O–H groups in total. The molecule has 21 heteroatoms. The lowest BCUT2D eigenvalue weighted by molar-refractivity contribution is -0.371. The van der Waals surface area contributed by atoms with Gasteiger partial charge in [0, 0.05) is 6.42 Å². The van der Waals surface area contributed by atoms with Crippen LogP contribution in [0, 0.1) is 0 Å². The Bertz CT molecular complexity index is 1650. The molecule has 0 aliphatic heterocycles. The van der Waals surface area contributed by atoms with Gasteiger partial charge in [-0.3, -0.25) is 0 Å². The van der Waals surface area contributed by atoms with Crippen molar-refractivity contribution in [3.63, 3.8) is 0 Å². The summed E-state index contributed by atoms with van der Waals surface area (Å²) >= 11 is 0. The second-order valence-electron chi connectivity index (χ2n) is 9.73. The van der Waals surface area contributed by atoms with Crippen LogP contribution in [0.4, 0.5) is 48.3 Å². The molecule has 0 aliphatic carbocycles. The molecule has 0 saturated heterocycles. The van der Waals surface area contributed by atoms with Gasteiger partial charge in [0.2, 0.25) is 0 Å². The summed E-state index contributed by atoms with van der Waals surface area (Å²) < 4.78 is 190. The van der Waals surface area contributed by atoms with Crippen molar-refractivity contribution in [2.75, 3.05) is 13.2 Å². The van der Waals surface area contributed by atoms with Crippen LogP contribution in [-0.2, 0) is 30.5 Å². The molecule has 0 aliphatic rings. The molecule has 8 nitrogen and oxygen atoms in total. The van der Waals surface area contributed by atoms with Crippen LogP contribution in [0.25, 0.3) is 0 Å². The average Bonchev–Trinajstić information content (AvgIpc) is 2.98. The van der Waals surface area contributed by atoms with E-state index in [0.717, 1.165) is 12.1 Å². The lowest BCUT2D eigenvalue weighted by atomic mass is 9.99. The predicted molar refractivity (Wildman–Crippen MR) is 145 cm³/mol. The fraction of sp³-hybridized carbons (Fsp3) is 0.321. The number of rotatable bonds is 13. The SMILES string of the molecule is O=C(COc1ccc([S+](c2ccccc2)c2ccc(OC(C(F)(F)F)C(F)(F)S(=O)(=O)[O-])cc2)cc1)OCCC(O)(C(F)(F)F)C(F)(F)F. The van der Waals surface area contributed by atoms with Crippen molar-refractivity contribution in [3.05, 3.63) is 78.9 Å². The highest BCUT2D eigenvalue weighted by atomic mass is 32.2. The highest BCUT2D eigenvalue weighted by Crippen LogP contribution is 2.45. The van der Waals surface area contributed by atoms with Crippen LogP contribution in [0.2, 0.25) is 0 Å². The molecular formula is C28H21F11O8S2. The Morgan fingerprint density at radius 2 is 1.18 bits per heavy atom. The normalized spacial score (nSPS) is 14.6. The number of ether oxygens (including phenoxy) is 3. The van der Waals surface area contributed by atoms with E-state index in [-0.39, 0.29) is 5.75 Å². The van der Waals surface area contributed by atoms with Gasteiger partial charge in [-0.2, -0.15) is 48.3 Å². The molecule has 0 fully saturated rings. The minimum atomic E-state index is -6.78. The fourth-order valence-corrected chi connectivity index (χ4v) is 6.33. The minimum absolute atomic E-state index is 0.0180. The molecule has 0 bridgehead atoms. The molecule has 0 spiro atoms. The van der Waals surface area contributed by atoms with Gasteiger partial charge in [0.1, 0.15) is 11.5 Å². The molecule has 2 atom stereocenters. The maximum absolute atomic E-state index is 13.9. The van der Waals surface area contributed by atoms with Crippen molar-refractivity contribution < 1.29 is 85.4 Å². The topological polar surface area (TPSA) is 122 Å². The van der Waals surface area contributed by atoms with E-state index in [4.69, 9.17) is 9.84 Å². The quantitative estimate of drug-likeness (QED) is 0.0921. The van der Waals surface area contributed by atoms with Crippen LogP contribution in [0.5, 0.6) is 11.5 Å². The van der Waals surface area contributed by atoms with Crippen molar-refractivity contribution in [3.8, 4) is 11.5 Å². The van der Waals surface area contributed by atoms with Crippen LogP contribution >= 0.6 is 0 Å². The summed E-state index contributed by atoms with van der Waals surface area (Å²) in [6.45, 7) is -2.40. The Morgan fingerprint density at radius 3 is 1.61 bits per heavy atom. The summed E-state index contributed by atoms with van der Waals surface area (Å²) in [5.74, 6) is -2.22. The van der Waals surface area contributed by atoms with Crippen molar-refractivity contribution in [2.24, 2.45) is 0 Å². The Labute approximate surface area is 272 Å². The third-order valence-corrected chi connectivity index (χ3v) is 9.42. The zero-order valence-corrected chi connectivity index (χ0v) is 25.6. The highest BCUT2D eigenvalue weighted by Gasteiger charge is 2.70. The van der Waals surface area contributed by atoms with Crippen LogP contribution in [0.15, 0.2) is 93.5 Å². The van der Waals surface area contributed by atoms with Gasteiger partial charge in [-0.15, -0.1) is 0 Å². The Hall–Kier alpha value is -3.82. The summed E-state index contributed by atoms with van der Waals surface area (Å²) in [5.41, 5.74) is -5.11. The van der Waals surface area contributed by atoms with Crippen molar-refractivity contribution >= 4 is 27.0 Å². The van der Waals surface area contributed by atoms with Gasteiger partial charge >= 0.3 is 29.8 Å². The first-order chi connectivity index (χ1) is 22.4. The number of hydrogen-bond donors (Lipinski definition) is 1. The number of carbonyl (C=O) groups is 1. The molecule has 3 aromatic rings. The van der Waals surface area contributed by atoms with Crippen LogP contribution in [-0.4, -0.2) is 72.7 Å². The third-order valence-electron chi connectivity index (χ3n) is 6.31. The molecule has 270 valence electrons. The molecular weight excluding hydrogens is 737 g/mol. The lowest BCUT2D eigenvalue weighted by Gasteiger charge is -2.31. The largest absolute Gasteiger partial charge is 0.743 e. The molecule has 0 radical (unpaired) electrons.